The van der Waals surface area contributed by atoms with Gasteiger partial charge in [0.25, 0.3) is 0 Å². The summed E-state index contributed by atoms with van der Waals surface area (Å²) >= 11 is 7.39. The Morgan fingerprint density at radius 1 is 1.33 bits per heavy atom. The summed E-state index contributed by atoms with van der Waals surface area (Å²) in [7, 11) is 0. The largest absolute Gasteiger partial charge is 0.378 e. The highest BCUT2D eigenvalue weighted by Crippen LogP contribution is 2.50. The molecule has 0 radical (unpaired) electrons. The molecule has 21 heavy (non-hydrogen) atoms. The van der Waals surface area contributed by atoms with Crippen molar-refractivity contribution >= 4 is 31.9 Å². The highest BCUT2D eigenvalue weighted by atomic mass is 79.9. The monoisotopic (exact) mass is 422 g/mol. The van der Waals surface area contributed by atoms with E-state index in [-0.39, 0.29) is 29.2 Å². The summed E-state index contributed by atoms with van der Waals surface area (Å²) in [5, 5.41) is 9.71. The Morgan fingerprint density at radius 3 is 2.71 bits per heavy atom. The zero-order valence-electron chi connectivity index (χ0n) is 11.9. The lowest BCUT2D eigenvalue weighted by molar-refractivity contribution is -0.214. The Hall–Kier alpha value is 0.360. The molecule has 0 aromatic heterocycles. The van der Waals surface area contributed by atoms with Crippen molar-refractivity contribution in [2.45, 2.75) is 78.6 Å². The summed E-state index contributed by atoms with van der Waals surface area (Å²) in [6.45, 7) is 2.14. The number of hydrogen-bond acceptors (Lipinski definition) is 4. The summed E-state index contributed by atoms with van der Waals surface area (Å²) in [5.74, 6) is 1.72. The molecule has 4 nitrogen and oxygen atoms in total. The molecular formula is C15H20Br2O4. The Bertz CT molecular complexity index is 424. The number of aliphatic hydroxyl groups is 1. The second-order valence-electron chi connectivity index (χ2n) is 6.02. The van der Waals surface area contributed by atoms with Gasteiger partial charge in [0.1, 0.15) is 6.10 Å². The van der Waals surface area contributed by atoms with Crippen molar-refractivity contribution in [3.05, 3.63) is 0 Å². The van der Waals surface area contributed by atoms with Crippen LogP contribution < -0.4 is 0 Å². The molecule has 3 fully saturated rings. The SMILES string of the molecule is C#CC(O)C1CC2OC3(CC2O1)OC(C(Br)CC)CC3Br. The molecule has 0 bridgehead atoms. The third-order valence-corrected chi connectivity index (χ3v) is 6.96. The van der Waals surface area contributed by atoms with Crippen LogP contribution in [0.25, 0.3) is 0 Å². The molecule has 6 heteroatoms. The van der Waals surface area contributed by atoms with E-state index in [0.29, 0.717) is 17.7 Å². The van der Waals surface area contributed by atoms with E-state index in [2.05, 4.69) is 44.7 Å². The maximum Gasteiger partial charge on any atom is 0.184 e. The van der Waals surface area contributed by atoms with Gasteiger partial charge in [-0.15, -0.1) is 6.42 Å². The Morgan fingerprint density at radius 2 is 2.10 bits per heavy atom. The maximum absolute atomic E-state index is 9.71. The quantitative estimate of drug-likeness (QED) is 0.559. The average molecular weight is 424 g/mol. The summed E-state index contributed by atoms with van der Waals surface area (Å²) in [4.78, 5) is 0.490. The number of ether oxygens (including phenoxy) is 3. The molecule has 1 spiro atoms. The van der Waals surface area contributed by atoms with Crippen molar-refractivity contribution in [3.8, 4) is 12.3 Å². The molecule has 8 unspecified atom stereocenters. The molecule has 3 saturated heterocycles. The fourth-order valence-electron chi connectivity index (χ4n) is 3.47. The predicted molar refractivity (Wildman–Crippen MR) is 85.5 cm³/mol. The zero-order valence-corrected chi connectivity index (χ0v) is 15.0. The molecular weight excluding hydrogens is 404 g/mol. The van der Waals surface area contributed by atoms with Gasteiger partial charge in [0.2, 0.25) is 0 Å². The van der Waals surface area contributed by atoms with Gasteiger partial charge in [-0.05, 0) is 12.8 Å². The van der Waals surface area contributed by atoms with Crippen LogP contribution in [0.3, 0.4) is 0 Å². The van der Waals surface area contributed by atoms with Crippen LogP contribution >= 0.6 is 31.9 Å². The van der Waals surface area contributed by atoms with Gasteiger partial charge < -0.3 is 19.3 Å². The molecule has 3 aliphatic heterocycles. The Balaban J connectivity index is 1.65. The maximum atomic E-state index is 9.71. The lowest BCUT2D eigenvalue weighted by Gasteiger charge is -2.29. The van der Waals surface area contributed by atoms with Crippen LogP contribution in [0.5, 0.6) is 0 Å². The molecule has 0 aliphatic carbocycles. The van der Waals surface area contributed by atoms with Gasteiger partial charge in [-0.3, -0.25) is 0 Å². The van der Waals surface area contributed by atoms with Crippen molar-refractivity contribution in [2.24, 2.45) is 0 Å². The second kappa shape index (κ2) is 6.10. The molecule has 0 saturated carbocycles. The van der Waals surface area contributed by atoms with Crippen molar-refractivity contribution in [1.29, 1.82) is 0 Å². The molecule has 118 valence electrons. The van der Waals surface area contributed by atoms with E-state index in [1.165, 1.54) is 0 Å². The van der Waals surface area contributed by atoms with E-state index in [1.807, 2.05) is 0 Å². The van der Waals surface area contributed by atoms with Gasteiger partial charge >= 0.3 is 0 Å². The van der Waals surface area contributed by atoms with Crippen LogP contribution in [0.1, 0.15) is 32.6 Å². The van der Waals surface area contributed by atoms with E-state index in [9.17, 15) is 5.11 Å². The molecule has 8 atom stereocenters. The number of hydrogen-bond donors (Lipinski definition) is 1. The standard InChI is InChI=1S/C15H20Br2O4/c1-3-8(16)10-6-14(17)15(20-10)7-13-12(21-15)5-11(19-13)9(18)4-2/h2,8-14,18H,3,5-7H2,1H3. The normalized spacial score (nSPS) is 48.2. The predicted octanol–water partition coefficient (Wildman–Crippen LogP) is 2.35. The van der Waals surface area contributed by atoms with Crippen LogP contribution in [0, 0.1) is 12.3 Å². The van der Waals surface area contributed by atoms with E-state index >= 15 is 0 Å². The lowest BCUT2D eigenvalue weighted by atomic mass is 10.0. The Kier molecular flexibility index (Phi) is 4.72. The van der Waals surface area contributed by atoms with Gasteiger partial charge in [0.05, 0.1) is 29.2 Å². The van der Waals surface area contributed by atoms with Gasteiger partial charge in [-0.1, -0.05) is 44.7 Å². The smallest absolute Gasteiger partial charge is 0.184 e. The number of rotatable bonds is 3. The van der Waals surface area contributed by atoms with Crippen LogP contribution in [0.4, 0.5) is 0 Å². The first-order valence-corrected chi connectivity index (χ1v) is 9.25. The van der Waals surface area contributed by atoms with Crippen molar-refractivity contribution < 1.29 is 19.3 Å². The second-order valence-corrected chi connectivity index (χ2v) is 8.30. The van der Waals surface area contributed by atoms with Gasteiger partial charge in [-0.25, -0.2) is 0 Å². The average Bonchev–Trinajstić information content (AvgIpc) is 3.10. The topological polar surface area (TPSA) is 47.9 Å². The number of halogens is 2. The first-order valence-electron chi connectivity index (χ1n) is 7.42. The Labute approximate surface area is 142 Å². The van der Waals surface area contributed by atoms with Crippen LogP contribution in [0.15, 0.2) is 0 Å². The summed E-state index contributed by atoms with van der Waals surface area (Å²) < 4.78 is 18.3. The molecule has 3 rings (SSSR count). The first kappa shape index (κ1) is 16.2. The van der Waals surface area contributed by atoms with Crippen LogP contribution in [0.2, 0.25) is 0 Å². The minimum Gasteiger partial charge on any atom is -0.378 e. The summed E-state index contributed by atoms with van der Waals surface area (Å²) in [6.07, 6.45) is 7.34. The van der Waals surface area contributed by atoms with Gasteiger partial charge in [0, 0.05) is 17.7 Å². The molecule has 1 N–H and O–H groups in total. The highest BCUT2D eigenvalue weighted by molar-refractivity contribution is 9.09. The molecule has 0 amide bonds. The van der Waals surface area contributed by atoms with E-state index in [0.717, 1.165) is 12.8 Å². The zero-order chi connectivity index (χ0) is 15.2. The van der Waals surface area contributed by atoms with Crippen molar-refractivity contribution in [3.63, 3.8) is 0 Å². The minimum atomic E-state index is -0.862. The van der Waals surface area contributed by atoms with Crippen LogP contribution in [-0.4, -0.2) is 51.1 Å². The number of terminal acetylenes is 1. The first-order chi connectivity index (χ1) is 9.99. The van der Waals surface area contributed by atoms with E-state index in [1.54, 1.807) is 0 Å². The van der Waals surface area contributed by atoms with Gasteiger partial charge in [-0.2, -0.15) is 0 Å². The number of aliphatic hydroxyl groups excluding tert-OH is 1. The third kappa shape index (κ3) is 2.82. The summed E-state index contributed by atoms with van der Waals surface area (Å²) in [6, 6.07) is 0. The van der Waals surface area contributed by atoms with Gasteiger partial charge in [0.15, 0.2) is 5.79 Å². The fraction of sp³-hybridized carbons (Fsp3) is 0.867. The molecule has 3 aliphatic rings. The molecule has 0 aromatic rings. The molecule has 3 heterocycles. The number of fused-ring (bicyclic) bond motifs is 1. The molecule has 0 aromatic carbocycles. The van der Waals surface area contributed by atoms with E-state index in [4.69, 9.17) is 20.6 Å². The lowest BCUT2D eigenvalue weighted by Crippen LogP contribution is -2.39. The minimum absolute atomic E-state index is 0.0489. The van der Waals surface area contributed by atoms with Crippen LogP contribution in [-0.2, 0) is 14.2 Å². The third-order valence-electron chi connectivity index (χ3n) is 4.65. The fourth-order valence-corrected chi connectivity index (χ4v) is 4.57. The van der Waals surface area contributed by atoms with E-state index < -0.39 is 11.9 Å². The summed E-state index contributed by atoms with van der Waals surface area (Å²) in [5.41, 5.74) is 0. The number of alkyl halides is 2. The highest BCUT2D eigenvalue weighted by Gasteiger charge is 2.60. The van der Waals surface area contributed by atoms with Crippen molar-refractivity contribution in [2.75, 3.05) is 0 Å². The van der Waals surface area contributed by atoms with Crippen molar-refractivity contribution in [1.82, 2.24) is 0 Å².